The molecule has 2 N–H and O–H groups in total. The van der Waals surface area contributed by atoms with Crippen molar-refractivity contribution in [2.45, 2.75) is 30.9 Å². The highest BCUT2D eigenvalue weighted by Crippen LogP contribution is 2.36. The molecule has 6 heteroatoms. The normalized spacial score (nSPS) is 24.8. The van der Waals surface area contributed by atoms with Crippen molar-refractivity contribution in [3.8, 4) is 0 Å². The smallest absolute Gasteiger partial charge is 0.407 e. The first-order chi connectivity index (χ1) is 9.67. The topological polar surface area (TPSA) is 74.7 Å². The summed E-state index contributed by atoms with van der Waals surface area (Å²) in [6, 6.07) is 6.03. The number of amides is 1. The summed E-state index contributed by atoms with van der Waals surface area (Å²) in [6.45, 7) is 1.78. The van der Waals surface area contributed by atoms with Gasteiger partial charge in [0.1, 0.15) is 5.82 Å². The fourth-order valence-corrected chi connectivity index (χ4v) is 3.05. The van der Waals surface area contributed by atoms with Gasteiger partial charge in [-0.2, -0.15) is 0 Å². The largest absolute Gasteiger partial charge is 0.465 e. The second-order valence-corrected chi connectivity index (χ2v) is 5.52. The number of aromatic nitrogens is 1. The van der Waals surface area contributed by atoms with Crippen LogP contribution < -0.4 is 5.32 Å². The Hall–Kier alpha value is -1.82. The van der Waals surface area contributed by atoms with E-state index in [9.17, 15) is 4.79 Å². The number of anilines is 1. The van der Waals surface area contributed by atoms with Crippen LogP contribution in [0.4, 0.5) is 10.6 Å². The minimum Gasteiger partial charge on any atom is -0.465 e. The quantitative estimate of drug-likeness (QED) is 0.862. The number of nitrogens with zero attached hydrogens (tertiary/aromatic N) is 2. The molecule has 20 heavy (non-hydrogen) atoms. The second kappa shape index (κ2) is 5.28. The molecule has 1 spiro atoms. The second-order valence-electron chi connectivity index (χ2n) is 5.52. The van der Waals surface area contributed by atoms with Crippen LogP contribution in [0.2, 0.25) is 0 Å². The Kier molecular flexibility index (Phi) is 3.48. The molecule has 3 heterocycles. The van der Waals surface area contributed by atoms with Gasteiger partial charge in [-0.3, -0.25) is 0 Å². The van der Waals surface area contributed by atoms with Gasteiger partial charge < -0.3 is 20.1 Å². The van der Waals surface area contributed by atoms with Gasteiger partial charge in [0.2, 0.25) is 0 Å². The number of ether oxygens (including phenoxy) is 1. The number of pyridine rings is 1. The summed E-state index contributed by atoms with van der Waals surface area (Å²) < 4.78 is 5.98. The molecule has 0 saturated carbocycles. The Bertz CT molecular complexity index is 472. The molecule has 3 rings (SSSR count). The third-order valence-electron chi connectivity index (χ3n) is 4.17. The van der Waals surface area contributed by atoms with E-state index in [0.717, 1.165) is 25.1 Å². The molecule has 1 aromatic heterocycles. The Balaban J connectivity index is 1.56. The average Bonchev–Trinajstić information content (AvgIpc) is 2.83. The Morgan fingerprint density at radius 2 is 2.25 bits per heavy atom. The predicted octanol–water partition coefficient (Wildman–Crippen LogP) is 1.79. The summed E-state index contributed by atoms with van der Waals surface area (Å²) in [7, 11) is 0. The maximum absolute atomic E-state index is 10.9. The molecule has 2 aliphatic heterocycles. The van der Waals surface area contributed by atoms with Crippen molar-refractivity contribution in [3.05, 3.63) is 24.4 Å². The lowest BCUT2D eigenvalue weighted by molar-refractivity contribution is -0.0393. The van der Waals surface area contributed by atoms with Crippen LogP contribution in [0, 0.1) is 0 Å². The minimum atomic E-state index is -0.832. The molecule has 6 nitrogen and oxygen atoms in total. The van der Waals surface area contributed by atoms with Gasteiger partial charge in [-0.25, -0.2) is 9.78 Å². The Labute approximate surface area is 117 Å². The summed E-state index contributed by atoms with van der Waals surface area (Å²) >= 11 is 0. The van der Waals surface area contributed by atoms with Crippen molar-refractivity contribution in [1.29, 1.82) is 0 Å². The molecule has 0 aromatic carbocycles. The first kappa shape index (κ1) is 13.2. The van der Waals surface area contributed by atoms with Crippen LogP contribution in [0.5, 0.6) is 0 Å². The fourth-order valence-electron chi connectivity index (χ4n) is 3.05. The van der Waals surface area contributed by atoms with Gasteiger partial charge in [-0.15, -0.1) is 0 Å². The van der Waals surface area contributed by atoms with Crippen molar-refractivity contribution >= 4 is 11.9 Å². The molecule has 1 amide bonds. The standard InChI is InChI=1S/C14H19N3O3/c18-13(19)17-7-4-14(5-8-17)9-11(10-20-14)16-12-3-1-2-6-15-12/h1-3,6,11H,4-5,7-10H2,(H,15,16)(H,18,19). The van der Waals surface area contributed by atoms with Gasteiger partial charge in [0.15, 0.2) is 0 Å². The maximum Gasteiger partial charge on any atom is 0.407 e. The zero-order valence-electron chi connectivity index (χ0n) is 11.3. The highest BCUT2D eigenvalue weighted by atomic mass is 16.5. The molecular weight excluding hydrogens is 258 g/mol. The number of nitrogens with one attached hydrogen (secondary N) is 1. The highest BCUT2D eigenvalue weighted by molar-refractivity contribution is 5.65. The van der Waals surface area contributed by atoms with E-state index in [1.807, 2.05) is 18.2 Å². The van der Waals surface area contributed by atoms with Gasteiger partial charge in [0, 0.05) is 19.3 Å². The van der Waals surface area contributed by atoms with Crippen LogP contribution in [-0.2, 0) is 4.74 Å². The zero-order valence-corrected chi connectivity index (χ0v) is 11.3. The lowest BCUT2D eigenvalue weighted by Gasteiger charge is -2.37. The van der Waals surface area contributed by atoms with E-state index in [2.05, 4.69) is 10.3 Å². The van der Waals surface area contributed by atoms with Gasteiger partial charge >= 0.3 is 6.09 Å². The van der Waals surface area contributed by atoms with E-state index in [4.69, 9.17) is 9.84 Å². The summed E-state index contributed by atoms with van der Waals surface area (Å²) in [5.41, 5.74) is -0.154. The number of hydrogen-bond donors (Lipinski definition) is 2. The molecule has 2 aliphatic rings. The minimum absolute atomic E-state index is 0.154. The van der Waals surface area contributed by atoms with Crippen LogP contribution >= 0.6 is 0 Å². The third-order valence-corrected chi connectivity index (χ3v) is 4.17. The van der Waals surface area contributed by atoms with E-state index < -0.39 is 6.09 Å². The fraction of sp³-hybridized carbons (Fsp3) is 0.571. The zero-order chi connectivity index (χ0) is 14.0. The number of likely N-dealkylation sites (tertiary alicyclic amines) is 1. The van der Waals surface area contributed by atoms with Crippen molar-refractivity contribution in [2.75, 3.05) is 25.0 Å². The van der Waals surface area contributed by atoms with Gasteiger partial charge in [-0.05, 0) is 31.4 Å². The van der Waals surface area contributed by atoms with Gasteiger partial charge in [0.25, 0.3) is 0 Å². The summed E-state index contributed by atoms with van der Waals surface area (Å²) in [4.78, 5) is 16.7. The van der Waals surface area contributed by atoms with Gasteiger partial charge in [0.05, 0.1) is 18.2 Å². The molecule has 2 fully saturated rings. The van der Waals surface area contributed by atoms with Crippen LogP contribution in [0.1, 0.15) is 19.3 Å². The maximum atomic E-state index is 10.9. The number of piperidine rings is 1. The van der Waals surface area contributed by atoms with E-state index in [0.29, 0.717) is 19.7 Å². The SMILES string of the molecule is O=C(O)N1CCC2(CC1)CC(Nc1ccccn1)CO2. The first-order valence-corrected chi connectivity index (χ1v) is 6.96. The molecule has 0 radical (unpaired) electrons. The van der Waals surface area contributed by atoms with Crippen LogP contribution in [0.3, 0.4) is 0 Å². The number of carboxylic acid groups (broad SMARTS) is 1. The third kappa shape index (κ3) is 2.70. The molecule has 0 bridgehead atoms. The van der Waals surface area contributed by atoms with E-state index in [-0.39, 0.29) is 11.6 Å². The number of rotatable bonds is 2. The van der Waals surface area contributed by atoms with Crippen LogP contribution in [0.25, 0.3) is 0 Å². The highest BCUT2D eigenvalue weighted by Gasteiger charge is 2.43. The van der Waals surface area contributed by atoms with E-state index in [1.54, 1.807) is 6.20 Å². The summed E-state index contributed by atoms with van der Waals surface area (Å²) in [5, 5.41) is 12.4. The summed E-state index contributed by atoms with van der Waals surface area (Å²) in [5.74, 6) is 0.862. The molecule has 1 aromatic rings. The molecule has 2 saturated heterocycles. The molecular formula is C14H19N3O3. The van der Waals surface area contributed by atoms with Crippen molar-refractivity contribution in [1.82, 2.24) is 9.88 Å². The van der Waals surface area contributed by atoms with Crippen LogP contribution in [-0.4, -0.2) is 52.4 Å². The predicted molar refractivity (Wildman–Crippen MR) is 73.8 cm³/mol. The van der Waals surface area contributed by atoms with Crippen molar-refractivity contribution < 1.29 is 14.6 Å². The summed E-state index contributed by atoms with van der Waals surface area (Å²) in [6.07, 6.45) is 3.40. The lowest BCUT2D eigenvalue weighted by atomic mass is 9.87. The molecule has 1 unspecified atom stereocenters. The molecule has 108 valence electrons. The lowest BCUT2D eigenvalue weighted by Crippen LogP contribution is -2.46. The average molecular weight is 277 g/mol. The van der Waals surface area contributed by atoms with E-state index >= 15 is 0 Å². The van der Waals surface area contributed by atoms with Crippen LogP contribution in [0.15, 0.2) is 24.4 Å². The number of carbonyl (C=O) groups is 1. The Morgan fingerprint density at radius 1 is 1.45 bits per heavy atom. The van der Waals surface area contributed by atoms with Crippen molar-refractivity contribution in [3.63, 3.8) is 0 Å². The van der Waals surface area contributed by atoms with Crippen molar-refractivity contribution in [2.24, 2.45) is 0 Å². The monoisotopic (exact) mass is 277 g/mol. The van der Waals surface area contributed by atoms with Gasteiger partial charge in [-0.1, -0.05) is 6.07 Å². The molecule has 0 aliphatic carbocycles. The first-order valence-electron chi connectivity index (χ1n) is 6.96. The Morgan fingerprint density at radius 3 is 2.90 bits per heavy atom. The molecule has 1 atom stereocenters. The van der Waals surface area contributed by atoms with E-state index in [1.165, 1.54) is 4.90 Å². The number of hydrogen-bond acceptors (Lipinski definition) is 4.